The third-order valence-electron chi connectivity index (χ3n) is 2.23. The van der Waals surface area contributed by atoms with Gasteiger partial charge in [0.1, 0.15) is 0 Å². The van der Waals surface area contributed by atoms with Crippen molar-refractivity contribution in [1.82, 2.24) is 14.7 Å². The first-order chi connectivity index (χ1) is 6.76. The van der Waals surface area contributed by atoms with Crippen LogP contribution < -0.4 is 0 Å². The molecule has 0 aliphatic rings. The number of aliphatic hydroxyl groups excluding tert-OH is 1. The van der Waals surface area contributed by atoms with E-state index in [1.165, 1.54) is 0 Å². The van der Waals surface area contributed by atoms with Crippen LogP contribution in [0.4, 0.5) is 0 Å². The first kappa shape index (κ1) is 11.2. The van der Waals surface area contributed by atoms with E-state index in [-0.39, 0.29) is 6.61 Å². The molecule has 0 aliphatic carbocycles. The zero-order chi connectivity index (χ0) is 10.4. The molecule has 0 unspecified atom stereocenters. The Morgan fingerprint density at radius 2 is 2.36 bits per heavy atom. The number of hydrogen-bond acceptors (Lipinski definition) is 3. The number of hydrogen-bond donors (Lipinski definition) is 1. The number of rotatable bonds is 6. The highest BCUT2D eigenvalue weighted by molar-refractivity contribution is 4.98. The van der Waals surface area contributed by atoms with E-state index in [1.54, 1.807) is 0 Å². The molecule has 1 aromatic rings. The molecule has 0 amide bonds. The Bertz CT molecular complexity index is 260. The van der Waals surface area contributed by atoms with E-state index >= 15 is 0 Å². The van der Waals surface area contributed by atoms with Gasteiger partial charge in [-0.2, -0.15) is 5.10 Å². The number of aryl methyl sites for hydroxylation is 1. The summed E-state index contributed by atoms with van der Waals surface area (Å²) in [5.41, 5.74) is 1.09. The van der Waals surface area contributed by atoms with Crippen molar-refractivity contribution < 1.29 is 5.11 Å². The normalized spacial score (nSPS) is 11.1. The van der Waals surface area contributed by atoms with Crippen LogP contribution in [-0.2, 0) is 13.6 Å². The molecule has 1 rings (SSSR count). The van der Waals surface area contributed by atoms with Crippen LogP contribution in [0.15, 0.2) is 12.3 Å². The van der Waals surface area contributed by atoms with E-state index < -0.39 is 0 Å². The topological polar surface area (TPSA) is 41.3 Å². The van der Waals surface area contributed by atoms with Gasteiger partial charge in [-0.05, 0) is 19.0 Å². The molecule has 80 valence electrons. The minimum absolute atomic E-state index is 0.263. The Morgan fingerprint density at radius 1 is 1.57 bits per heavy atom. The Labute approximate surface area is 85.1 Å². The Morgan fingerprint density at radius 3 is 2.86 bits per heavy atom. The van der Waals surface area contributed by atoms with Crippen LogP contribution in [0, 0.1) is 0 Å². The molecule has 0 radical (unpaired) electrons. The molecule has 0 aromatic carbocycles. The molecule has 1 N–H and O–H groups in total. The van der Waals surface area contributed by atoms with Crippen molar-refractivity contribution in [3.05, 3.63) is 18.0 Å². The molecule has 0 spiro atoms. The summed E-state index contributed by atoms with van der Waals surface area (Å²) in [5, 5.41) is 13.1. The van der Waals surface area contributed by atoms with Crippen LogP contribution in [0.5, 0.6) is 0 Å². The standard InChI is InChI=1S/C10H19N3O/c1-3-13(6-4-8-14)9-10-5-7-12(2)11-10/h5,7,14H,3-4,6,8-9H2,1-2H3. The fraction of sp³-hybridized carbons (Fsp3) is 0.700. The van der Waals surface area contributed by atoms with Gasteiger partial charge in [-0.1, -0.05) is 6.92 Å². The summed E-state index contributed by atoms with van der Waals surface area (Å²) in [6, 6.07) is 2.03. The molecule has 0 fully saturated rings. The SMILES string of the molecule is CCN(CCCO)Cc1ccn(C)n1. The van der Waals surface area contributed by atoms with Gasteiger partial charge >= 0.3 is 0 Å². The zero-order valence-corrected chi connectivity index (χ0v) is 8.98. The van der Waals surface area contributed by atoms with Gasteiger partial charge in [-0.3, -0.25) is 9.58 Å². The predicted octanol–water partition coefficient (Wildman–Crippen LogP) is 0.624. The van der Waals surface area contributed by atoms with Gasteiger partial charge in [0.15, 0.2) is 0 Å². The predicted molar refractivity (Wildman–Crippen MR) is 55.9 cm³/mol. The molecule has 0 bridgehead atoms. The molecule has 4 heteroatoms. The van der Waals surface area contributed by atoms with Crippen molar-refractivity contribution in [2.45, 2.75) is 19.9 Å². The number of aromatic nitrogens is 2. The average molecular weight is 197 g/mol. The van der Waals surface area contributed by atoms with Crippen LogP contribution in [0.1, 0.15) is 19.0 Å². The van der Waals surface area contributed by atoms with Gasteiger partial charge in [-0.25, -0.2) is 0 Å². The summed E-state index contributed by atoms with van der Waals surface area (Å²) in [4.78, 5) is 2.28. The summed E-state index contributed by atoms with van der Waals surface area (Å²) in [6.45, 7) is 5.19. The van der Waals surface area contributed by atoms with Gasteiger partial charge in [0, 0.05) is 32.9 Å². The maximum Gasteiger partial charge on any atom is 0.0764 e. The lowest BCUT2D eigenvalue weighted by molar-refractivity contribution is 0.223. The average Bonchev–Trinajstić information content (AvgIpc) is 2.58. The largest absolute Gasteiger partial charge is 0.396 e. The van der Waals surface area contributed by atoms with Crippen molar-refractivity contribution in [2.24, 2.45) is 7.05 Å². The summed E-state index contributed by atoms with van der Waals surface area (Å²) < 4.78 is 1.81. The fourth-order valence-electron chi connectivity index (χ4n) is 1.42. The third kappa shape index (κ3) is 3.47. The van der Waals surface area contributed by atoms with Gasteiger partial charge in [0.2, 0.25) is 0 Å². The molecular formula is C10H19N3O. The monoisotopic (exact) mass is 197 g/mol. The first-order valence-electron chi connectivity index (χ1n) is 5.08. The molecule has 1 aromatic heterocycles. The molecular weight excluding hydrogens is 178 g/mol. The van der Waals surface area contributed by atoms with Crippen LogP contribution >= 0.6 is 0 Å². The Kier molecular flexibility index (Phi) is 4.62. The third-order valence-corrected chi connectivity index (χ3v) is 2.23. The lowest BCUT2D eigenvalue weighted by Gasteiger charge is -2.18. The van der Waals surface area contributed by atoms with Crippen LogP contribution in [0.3, 0.4) is 0 Å². The fourth-order valence-corrected chi connectivity index (χ4v) is 1.42. The smallest absolute Gasteiger partial charge is 0.0764 e. The molecule has 1 heterocycles. The van der Waals surface area contributed by atoms with Crippen molar-refractivity contribution in [3.63, 3.8) is 0 Å². The number of aliphatic hydroxyl groups is 1. The van der Waals surface area contributed by atoms with Crippen molar-refractivity contribution >= 4 is 0 Å². The van der Waals surface area contributed by atoms with Crippen molar-refractivity contribution in [2.75, 3.05) is 19.7 Å². The highest BCUT2D eigenvalue weighted by Gasteiger charge is 2.04. The van der Waals surface area contributed by atoms with E-state index in [1.807, 2.05) is 24.0 Å². The molecule has 0 saturated carbocycles. The van der Waals surface area contributed by atoms with Gasteiger partial charge < -0.3 is 5.11 Å². The van der Waals surface area contributed by atoms with Crippen molar-refractivity contribution in [1.29, 1.82) is 0 Å². The molecule has 0 atom stereocenters. The lowest BCUT2D eigenvalue weighted by Crippen LogP contribution is -2.24. The minimum atomic E-state index is 0.263. The highest BCUT2D eigenvalue weighted by Crippen LogP contribution is 2.01. The van der Waals surface area contributed by atoms with E-state index in [2.05, 4.69) is 16.9 Å². The van der Waals surface area contributed by atoms with Gasteiger partial charge in [-0.15, -0.1) is 0 Å². The summed E-state index contributed by atoms with van der Waals surface area (Å²) in [6.07, 6.45) is 2.79. The van der Waals surface area contributed by atoms with Crippen molar-refractivity contribution in [3.8, 4) is 0 Å². The zero-order valence-electron chi connectivity index (χ0n) is 8.98. The second kappa shape index (κ2) is 5.78. The second-order valence-electron chi connectivity index (χ2n) is 3.43. The first-order valence-corrected chi connectivity index (χ1v) is 5.08. The van der Waals surface area contributed by atoms with Crippen LogP contribution in [-0.4, -0.2) is 39.5 Å². The maximum absolute atomic E-state index is 8.73. The van der Waals surface area contributed by atoms with E-state index in [4.69, 9.17) is 5.11 Å². The van der Waals surface area contributed by atoms with Gasteiger partial charge in [0.05, 0.1) is 5.69 Å². The Balaban J connectivity index is 2.40. The van der Waals surface area contributed by atoms with E-state index in [0.29, 0.717) is 0 Å². The quantitative estimate of drug-likeness (QED) is 0.727. The van der Waals surface area contributed by atoms with Gasteiger partial charge in [0.25, 0.3) is 0 Å². The molecule has 4 nitrogen and oxygen atoms in total. The second-order valence-corrected chi connectivity index (χ2v) is 3.43. The number of nitrogens with zero attached hydrogens (tertiary/aromatic N) is 3. The highest BCUT2D eigenvalue weighted by atomic mass is 16.3. The lowest BCUT2D eigenvalue weighted by atomic mass is 10.3. The summed E-state index contributed by atoms with van der Waals surface area (Å²) in [7, 11) is 1.92. The molecule has 0 aliphatic heterocycles. The van der Waals surface area contributed by atoms with Crippen LogP contribution in [0.25, 0.3) is 0 Å². The maximum atomic E-state index is 8.73. The summed E-state index contributed by atoms with van der Waals surface area (Å²) in [5.74, 6) is 0. The van der Waals surface area contributed by atoms with Crippen LogP contribution in [0.2, 0.25) is 0 Å². The molecule has 0 saturated heterocycles. The minimum Gasteiger partial charge on any atom is -0.396 e. The molecule has 14 heavy (non-hydrogen) atoms. The van der Waals surface area contributed by atoms with E-state index in [9.17, 15) is 0 Å². The summed E-state index contributed by atoms with van der Waals surface area (Å²) >= 11 is 0. The van der Waals surface area contributed by atoms with E-state index in [0.717, 1.165) is 31.7 Å². The Hall–Kier alpha value is -0.870.